The van der Waals surface area contributed by atoms with Crippen LogP contribution < -0.4 is 0 Å². The molecule has 0 bridgehead atoms. The van der Waals surface area contributed by atoms with Crippen molar-refractivity contribution in [2.24, 2.45) is 0 Å². The third-order valence-corrected chi connectivity index (χ3v) is 1.58. The van der Waals surface area contributed by atoms with E-state index in [0.29, 0.717) is 6.42 Å². The molecule has 0 aromatic heterocycles. The third-order valence-electron chi connectivity index (χ3n) is 0.836. The van der Waals surface area contributed by atoms with E-state index in [0.717, 1.165) is 18.9 Å². The molecule has 0 rings (SSSR count). The minimum Gasteiger partial charge on any atom is -0.481 e. The summed E-state index contributed by atoms with van der Waals surface area (Å²) in [5.41, 5.74) is 0. The van der Waals surface area contributed by atoms with Crippen LogP contribution in [0.5, 0.6) is 0 Å². The van der Waals surface area contributed by atoms with Gasteiger partial charge < -0.3 is 13.5 Å². The van der Waals surface area contributed by atoms with Gasteiger partial charge in [-0.3, -0.25) is 4.79 Å². The first kappa shape index (κ1) is 15.9. The van der Waals surface area contributed by atoms with Gasteiger partial charge in [-0.2, -0.15) is 0 Å². The lowest BCUT2D eigenvalue weighted by Crippen LogP contribution is -2.01. The zero-order valence-electron chi connectivity index (χ0n) is 8.38. The molecule has 0 aliphatic rings. The van der Waals surface area contributed by atoms with Crippen LogP contribution in [0.3, 0.4) is 0 Å². The summed E-state index contributed by atoms with van der Waals surface area (Å²) in [5, 5.41) is 7.91. The fraction of sp³-hybridized carbons (Fsp3) is 0.375. The highest BCUT2D eigenvalue weighted by molar-refractivity contribution is 7.82. The summed E-state index contributed by atoms with van der Waals surface area (Å²) in [6, 6.07) is 0. The van der Waals surface area contributed by atoms with Crippen molar-refractivity contribution >= 4 is 16.4 Å². The van der Waals surface area contributed by atoms with Gasteiger partial charge in [-0.15, -0.1) is 8.42 Å². The SMILES string of the molecule is C=COS(=O)(=O)OC=C.CCCC(=O)O. The highest BCUT2D eigenvalue weighted by Crippen LogP contribution is 1.94. The number of carboxylic acids is 1. The predicted octanol–water partition coefficient (Wildman–Crippen LogP) is 1.42. The van der Waals surface area contributed by atoms with Gasteiger partial charge in [0.25, 0.3) is 0 Å². The summed E-state index contributed by atoms with van der Waals surface area (Å²) in [6.07, 6.45) is 2.52. The van der Waals surface area contributed by atoms with Crippen molar-refractivity contribution in [2.45, 2.75) is 19.8 Å². The van der Waals surface area contributed by atoms with Crippen LogP contribution >= 0.6 is 0 Å². The molecular weight excluding hydrogens is 224 g/mol. The van der Waals surface area contributed by atoms with Crippen LogP contribution in [-0.4, -0.2) is 19.5 Å². The summed E-state index contributed by atoms with van der Waals surface area (Å²) < 4.78 is 28.3. The molecule has 0 heterocycles. The van der Waals surface area contributed by atoms with Crippen LogP contribution in [0.15, 0.2) is 25.7 Å². The average Bonchev–Trinajstić information content (AvgIpc) is 2.03. The zero-order chi connectivity index (χ0) is 12.3. The number of carbonyl (C=O) groups is 1. The highest BCUT2D eigenvalue weighted by atomic mass is 32.3. The van der Waals surface area contributed by atoms with Crippen LogP contribution in [0.1, 0.15) is 19.8 Å². The minimum atomic E-state index is -3.92. The summed E-state index contributed by atoms with van der Waals surface area (Å²) in [7, 11) is -3.92. The molecule has 0 fully saturated rings. The quantitative estimate of drug-likeness (QED) is 0.704. The summed E-state index contributed by atoms with van der Waals surface area (Å²) in [6.45, 7) is 7.87. The van der Waals surface area contributed by atoms with Crippen molar-refractivity contribution in [2.75, 3.05) is 0 Å². The molecule has 0 aromatic rings. The second kappa shape index (κ2) is 9.07. The Bertz CT molecular complexity index is 276. The monoisotopic (exact) mass is 238 g/mol. The van der Waals surface area contributed by atoms with Crippen LogP contribution in [0, 0.1) is 0 Å². The van der Waals surface area contributed by atoms with Gasteiger partial charge in [-0.1, -0.05) is 20.1 Å². The molecule has 0 saturated carbocycles. The Kier molecular flexibility index (Phi) is 9.65. The molecule has 0 radical (unpaired) electrons. The van der Waals surface area contributed by atoms with E-state index in [9.17, 15) is 13.2 Å². The molecule has 0 aromatic carbocycles. The maximum Gasteiger partial charge on any atom is 0.499 e. The molecular formula is C8H14O6S. The zero-order valence-corrected chi connectivity index (χ0v) is 9.20. The van der Waals surface area contributed by atoms with E-state index in [1.807, 2.05) is 6.92 Å². The van der Waals surface area contributed by atoms with Gasteiger partial charge in [0.2, 0.25) is 0 Å². The maximum atomic E-state index is 10.2. The van der Waals surface area contributed by atoms with Crippen LogP contribution in [0.4, 0.5) is 0 Å². The van der Waals surface area contributed by atoms with Crippen molar-refractivity contribution in [1.29, 1.82) is 0 Å². The molecule has 0 saturated heterocycles. The first-order valence-electron chi connectivity index (χ1n) is 3.94. The maximum absolute atomic E-state index is 10.2. The number of rotatable bonds is 6. The number of hydrogen-bond donors (Lipinski definition) is 1. The van der Waals surface area contributed by atoms with E-state index < -0.39 is 16.4 Å². The van der Waals surface area contributed by atoms with Gasteiger partial charge in [0, 0.05) is 6.42 Å². The number of aliphatic carboxylic acids is 1. The third kappa shape index (κ3) is 15.3. The molecule has 7 heteroatoms. The molecule has 1 N–H and O–H groups in total. The molecule has 0 amide bonds. The standard InChI is InChI=1S/C4H6O4S.C4H8O2/c1-3-7-9(5,6)8-4-2;1-2-3-4(5)6/h3-4H,1-2H2;2-3H2,1H3,(H,5,6). The van der Waals surface area contributed by atoms with E-state index in [1.54, 1.807) is 0 Å². The van der Waals surface area contributed by atoms with Gasteiger partial charge in [-0.25, -0.2) is 0 Å². The van der Waals surface area contributed by atoms with Gasteiger partial charge in [0.1, 0.15) is 12.5 Å². The van der Waals surface area contributed by atoms with Gasteiger partial charge in [-0.05, 0) is 6.42 Å². The molecule has 0 unspecified atom stereocenters. The Balaban J connectivity index is 0. The Morgan fingerprint density at radius 1 is 1.33 bits per heavy atom. The van der Waals surface area contributed by atoms with Crippen molar-refractivity contribution in [1.82, 2.24) is 0 Å². The lowest BCUT2D eigenvalue weighted by atomic mass is 10.4. The van der Waals surface area contributed by atoms with E-state index in [4.69, 9.17) is 5.11 Å². The molecule has 6 nitrogen and oxygen atoms in total. The van der Waals surface area contributed by atoms with E-state index >= 15 is 0 Å². The topological polar surface area (TPSA) is 89.9 Å². The second-order valence-corrected chi connectivity index (χ2v) is 3.28. The summed E-state index contributed by atoms with van der Waals surface area (Å²) >= 11 is 0. The van der Waals surface area contributed by atoms with Crippen LogP contribution in [0.25, 0.3) is 0 Å². The van der Waals surface area contributed by atoms with Gasteiger partial charge in [0.15, 0.2) is 0 Å². The van der Waals surface area contributed by atoms with Crippen molar-refractivity contribution < 1.29 is 26.7 Å². The lowest BCUT2D eigenvalue weighted by molar-refractivity contribution is -0.137. The Hall–Kier alpha value is -1.50. The number of hydrogen-bond acceptors (Lipinski definition) is 5. The van der Waals surface area contributed by atoms with Gasteiger partial charge in [0.05, 0.1) is 0 Å². The molecule has 0 aliphatic carbocycles. The Morgan fingerprint density at radius 2 is 1.73 bits per heavy atom. The average molecular weight is 238 g/mol. The van der Waals surface area contributed by atoms with Gasteiger partial charge >= 0.3 is 16.4 Å². The lowest BCUT2D eigenvalue weighted by Gasteiger charge is -1.96. The highest BCUT2D eigenvalue weighted by Gasteiger charge is 2.05. The van der Waals surface area contributed by atoms with Crippen molar-refractivity contribution in [3.8, 4) is 0 Å². The van der Waals surface area contributed by atoms with Crippen LogP contribution in [0.2, 0.25) is 0 Å². The largest absolute Gasteiger partial charge is 0.499 e. The van der Waals surface area contributed by atoms with Crippen molar-refractivity contribution in [3.63, 3.8) is 0 Å². The van der Waals surface area contributed by atoms with E-state index in [1.165, 1.54) is 0 Å². The smallest absolute Gasteiger partial charge is 0.481 e. The predicted molar refractivity (Wildman–Crippen MR) is 54.0 cm³/mol. The fourth-order valence-corrected chi connectivity index (χ4v) is 0.782. The molecule has 88 valence electrons. The Labute approximate surface area is 89.1 Å². The summed E-state index contributed by atoms with van der Waals surface area (Å²) in [5.74, 6) is -0.711. The van der Waals surface area contributed by atoms with Crippen LogP contribution in [-0.2, 0) is 23.6 Å². The van der Waals surface area contributed by atoms with E-state index in [2.05, 4.69) is 21.5 Å². The molecule has 15 heavy (non-hydrogen) atoms. The fourth-order valence-electron chi connectivity index (χ4n) is 0.403. The molecule has 0 aliphatic heterocycles. The second-order valence-electron chi connectivity index (χ2n) is 2.08. The summed E-state index contributed by atoms with van der Waals surface area (Å²) in [4.78, 5) is 9.60. The first-order valence-corrected chi connectivity index (χ1v) is 5.28. The normalized spacial score (nSPS) is 9.13. The number of carboxylic acid groups (broad SMARTS) is 1. The Morgan fingerprint density at radius 3 is 1.87 bits per heavy atom. The first-order chi connectivity index (χ1) is 6.89. The molecule has 0 spiro atoms. The minimum absolute atomic E-state index is 0.292. The van der Waals surface area contributed by atoms with E-state index in [-0.39, 0.29) is 0 Å². The molecule has 0 atom stereocenters. The van der Waals surface area contributed by atoms with Crippen molar-refractivity contribution in [3.05, 3.63) is 25.7 Å².